The molecule has 4 nitrogen and oxygen atoms in total. The smallest absolute Gasteiger partial charge is 0.328 e. The first kappa shape index (κ1) is 15.4. The van der Waals surface area contributed by atoms with Crippen LogP contribution in [0.5, 0.6) is 0 Å². The van der Waals surface area contributed by atoms with Gasteiger partial charge in [0.2, 0.25) is 0 Å². The summed E-state index contributed by atoms with van der Waals surface area (Å²) in [6.07, 6.45) is 0. The molecule has 0 aliphatic rings. The Bertz CT molecular complexity index is 468. The molecule has 1 unspecified atom stereocenters. The van der Waals surface area contributed by atoms with E-state index in [0.29, 0.717) is 0 Å². The van der Waals surface area contributed by atoms with Gasteiger partial charge in [-0.1, -0.05) is 23.9 Å². The van der Waals surface area contributed by atoms with Crippen molar-refractivity contribution in [2.24, 2.45) is 0 Å². The highest BCUT2D eigenvalue weighted by Crippen LogP contribution is 2.28. The highest BCUT2D eigenvalue weighted by atomic mass is 32.2. The second-order valence-corrected chi connectivity index (χ2v) is 4.62. The molecular formula is C12H13F2NO3S. The molecule has 0 saturated heterocycles. The van der Waals surface area contributed by atoms with Crippen LogP contribution >= 0.6 is 11.8 Å². The normalized spacial score (nSPS) is 12.1. The van der Waals surface area contributed by atoms with Gasteiger partial charge in [0.05, 0.1) is 12.7 Å². The van der Waals surface area contributed by atoms with Crippen molar-refractivity contribution in [3.63, 3.8) is 0 Å². The molecule has 1 amide bonds. The number of rotatable bonds is 5. The average Bonchev–Trinajstić information content (AvgIpc) is 2.37. The number of hydrogen-bond acceptors (Lipinski definition) is 4. The van der Waals surface area contributed by atoms with Crippen LogP contribution in [0.15, 0.2) is 29.2 Å². The second-order valence-electron chi connectivity index (χ2n) is 3.59. The molecular weight excluding hydrogens is 276 g/mol. The molecule has 0 aliphatic carbocycles. The van der Waals surface area contributed by atoms with Crippen molar-refractivity contribution in [1.29, 1.82) is 0 Å². The molecule has 0 bridgehead atoms. The number of methoxy groups -OCH3 is 1. The topological polar surface area (TPSA) is 55.4 Å². The molecule has 1 aromatic carbocycles. The maximum absolute atomic E-state index is 12.4. The van der Waals surface area contributed by atoms with Gasteiger partial charge >= 0.3 is 5.97 Å². The van der Waals surface area contributed by atoms with Crippen molar-refractivity contribution in [3.05, 3.63) is 29.8 Å². The maximum atomic E-state index is 12.4. The zero-order valence-corrected chi connectivity index (χ0v) is 11.2. The summed E-state index contributed by atoms with van der Waals surface area (Å²) >= 11 is 0.284. The van der Waals surface area contributed by atoms with E-state index in [2.05, 4.69) is 10.1 Å². The van der Waals surface area contributed by atoms with Gasteiger partial charge in [0.25, 0.3) is 11.7 Å². The third-order valence-electron chi connectivity index (χ3n) is 2.25. The number of nitrogens with one attached hydrogen (secondary N) is 1. The monoisotopic (exact) mass is 289 g/mol. The summed E-state index contributed by atoms with van der Waals surface area (Å²) in [5.74, 6) is -3.82. The summed E-state index contributed by atoms with van der Waals surface area (Å²) < 4.78 is 29.2. The van der Waals surface area contributed by atoms with Gasteiger partial charge in [-0.25, -0.2) is 4.79 Å². The van der Waals surface area contributed by atoms with Crippen molar-refractivity contribution >= 4 is 23.6 Å². The molecule has 1 N–H and O–H groups in total. The van der Waals surface area contributed by atoms with Crippen LogP contribution in [0.4, 0.5) is 8.78 Å². The number of benzene rings is 1. The van der Waals surface area contributed by atoms with Crippen LogP contribution in [0.3, 0.4) is 0 Å². The first-order chi connectivity index (χ1) is 8.95. The van der Waals surface area contributed by atoms with Gasteiger partial charge in [-0.05, 0) is 19.1 Å². The molecule has 0 aliphatic heterocycles. The Labute approximate surface area is 113 Å². The fourth-order valence-electron chi connectivity index (χ4n) is 1.36. The van der Waals surface area contributed by atoms with Crippen molar-refractivity contribution in [2.75, 3.05) is 7.11 Å². The van der Waals surface area contributed by atoms with Crippen molar-refractivity contribution < 1.29 is 23.1 Å². The summed E-state index contributed by atoms with van der Waals surface area (Å²) in [6, 6.07) is 5.12. The lowest BCUT2D eigenvalue weighted by Crippen LogP contribution is -2.39. The van der Waals surface area contributed by atoms with E-state index in [1.54, 1.807) is 12.1 Å². The van der Waals surface area contributed by atoms with Crippen LogP contribution in [-0.2, 0) is 9.53 Å². The Kier molecular flexibility index (Phi) is 5.75. The van der Waals surface area contributed by atoms with Crippen LogP contribution in [0.25, 0.3) is 0 Å². The Morgan fingerprint density at radius 3 is 2.53 bits per heavy atom. The first-order valence-corrected chi connectivity index (χ1v) is 6.26. The molecule has 0 saturated carbocycles. The lowest BCUT2D eigenvalue weighted by molar-refractivity contribution is -0.142. The number of carbonyl (C=O) groups is 2. The Balaban J connectivity index is 2.84. The van der Waals surface area contributed by atoms with Crippen LogP contribution in [0.2, 0.25) is 0 Å². The van der Waals surface area contributed by atoms with E-state index in [1.165, 1.54) is 26.2 Å². The molecule has 1 atom stereocenters. The van der Waals surface area contributed by atoms with Crippen LogP contribution in [-0.4, -0.2) is 30.8 Å². The SMILES string of the molecule is COC(=O)C(C)NC(=O)c1ccccc1SC(F)F. The van der Waals surface area contributed by atoms with E-state index >= 15 is 0 Å². The van der Waals surface area contributed by atoms with Crippen molar-refractivity contribution in [1.82, 2.24) is 5.32 Å². The zero-order chi connectivity index (χ0) is 14.4. The average molecular weight is 289 g/mol. The second kappa shape index (κ2) is 7.08. The van der Waals surface area contributed by atoms with E-state index in [0.717, 1.165) is 0 Å². The predicted molar refractivity (Wildman–Crippen MR) is 67.2 cm³/mol. The summed E-state index contributed by atoms with van der Waals surface area (Å²) in [4.78, 5) is 23.2. The minimum Gasteiger partial charge on any atom is -0.467 e. The van der Waals surface area contributed by atoms with E-state index in [-0.39, 0.29) is 22.2 Å². The molecule has 0 heterocycles. The molecule has 0 radical (unpaired) electrons. The minimum atomic E-state index is -2.62. The summed E-state index contributed by atoms with van der Waals surface area (Å²) in [5, 5.41) is 2.39. The Morgan fingerprint density at radius 2 is 1.95 bits per heavy atom. The third-order valence-corrected chi connectivity index (χ3v) is 3.04. The van der Waals surface area contributed by atoms with E-state index in [4.69, 9.17) is 0 Å². The number of amides is 1. The van der Waals surface area contributed by atoms with E-state index in [9.17, 15) is 18.4 Å². The van der Waals surface area contributed by atoms with Crippen LogP contribution in [0.1, 0.15) is 17.3 Å². The summed E-state index contributed by atoms with van der Waals surface area (Å²) in [6.45, 7) is 1.45. The third kappa shape index (κ3) is 4.51. The van der Waals surface area contributed by atoms with Gasteiger partial charge in [-0.2, -0.15) is 8.78 Å². The van der Waals surface area contributed by atoms with Gasteiger partial charge in [-0.15, -0.1) is 0 Å². The first-order valence-electron chi connectivity index (χ1n) is 5.38. The number of hydrogen-bond donors (Lipinski definition) is 1. The van der Waals surface area contributed by atoms with Gasteiger partial charge in [0.15, 0.2) is 0 Å². The number of alkyl halides is 2. The van der Waals surface area contributed by atoms with Gasteiger partial charge < -0.3 is 10.1 Å². The van der Waals surface area contributed by atoms with Crippen LogP contribution < -0.4 is 5.32 Å². The Morgan fingerprint density at radius 1 is 1.32 bits per heavy atom. The van der Waals surface area contributed by atoms with Crippen molar-refractivity contribution in [2.45, 2.75) is 23.6 Å². The van der Waals surface area contributed by atoms with Crippen LogP contribution in [0, 0.1) is 0 Å². The molecule has 0 spiro atoms. The lowest BCUT2D eigenvalue weighted by Gasteiger charge is -2.13. The minimum absolute atomic E-state index is 0.101. The molecule has 7 heteroatoms. The van der Waals surface area contributed by atoms with Gasteiger partial charge in [0, 0.05) is 4.90 Å². The highest BCUT2D eigenvalue weighted by molar-refractivity contribution is 7.99. The quantitative estimate of drug-likeness (QED) is 0.667. The number of carbonyl (C=O) groups excluding carboxylic acids is 2. The van der Waals surface area contributed by atoms with Gasteiger partial charge in [-0.3, -0.25) is 4.79 Å². The number of thioether (sulfide) groups is 1. The molecule has 19 heavy (non-hydrogen) atoms. The zero-order valence-electron chi connectivity index (χ0n) is 10.4. The lowest BCUT2D eigenvalue weighted by atomic mass is 10.2. The molecule has 1 rings (SSSR count). The largest absolute Gasteiger partial charge is 0.467 e. The summed E-state index contributed by atoms with van der Waals surface area (Å²) in [5.41, 5.74) is 0.101. The van der Waals surface area contributed by atoms with Crippen molar-refractivity contribution in [3.8, 4) is 0 Å². The number of esters is 1. The van der Waals surface area contributed by atoms with E-state index < -0.39 is 23.7 Å². The predicted octanol–water partition coefficient (Wildman–Crippen LogP) is 2.29. The maximum Gasteiger partial charge on any atom is 0.328 e. The van der Waals surface area contributed by atoms with Gasteiger partial charge in [0.1, 0.15) is 6.04 Å². The fraction of sp³-hybridized carbons (Fsp3) is 0.333. The summed E-state index contributed by atoms with van der Waals surface area (Å²) in [7, 11) is 1.20. The highest BCUT2D eigenvalue weighted by Gasteiger charge is 2.20. The number of halogens is 2. The molecule has 0 fully saturated rings. The molecule has 1 aromatic rings. The fourth-order valence-corrected chi connectivity index (χ4v) is 2.00. The van der Waals surface area contributed by atoms with E-state index in [1.807, 2.05) is 0 Å². The molecule has 104 valence electrons. The number of ether oxygens (including phenoxy) is 1. The standard InChI is InChI=1S/C12H13F2NO3S/c1-7(11(17)18-2)15-10(16)8-5-3-4-6-9(8)19-12(13)14/h3-7,12H,1-2H3,(H,15,16). The Hall–Kier alpha value is -1.63. The molecule has 0 aromatic heterocycles.